The molecule has 88 valence electrons. The second-order valence-electron chi connectivity index (χ2n) is 4.14. The number of carboxylic acids is 1. The van der Waals surface area contributed by atoms with Crippen LogP contribution in [0.5, 0.6) is 0 Å². The summed E-state index contributed by atoms with van der Waals surface area (Å²) in [5.41, 5.74) is 1.14. The summed E-state index contributed by atoms with van der Waals surface area (Å²) in [6, 6.07) is 3.88. The fraction of sp³-hybridized carbons (Fsp3) is 0.500. The van der Waals surface area contributed by atoms with Crippen LogP contribution in [0.4, 0.5) is 0 Å². The molecule has 0 saturated heterocycles. The molecule has 0 aliphatic carbocycles. The van der Waals surface area contributed by atoms with E-state index in [4.69, 9.17) is 5.11 Å². The third-order valence-corrected chi connectivity index (χ3v) is 2.99. The van der Waals surface area contributed by atoms with Crippen LogP contribution in [0.25, 0.3) is 0 Å². The van der Waals surface area contributed by atoms with E-state index in [-0.39, 0.29) is 12.0 Å². The van der Waals surface area contributed by atoms with Gasteiger partial charge in [0.05, 0.1) is 5.92 Å². The van der Waals surface area contributed by atoms with Crippen LogP contribution in [0.2, 0.25) is 0 Å². The number of carboxylic acid groups (broad SMARTS) is 1. The van der Waals surface area contributed by atoms with Crippen LogP contribution in [-0.4, -0.2) is 34.0 Å². The number of nitrogens with zero attached hydrogens (tertiary/aromatic N) is 2. The highest BCUT2D eigenvalue weighted by Gasteiger charge is 2.22. The van der Waals surface area contributed by atoms with Gasteiger partial charge in [0, 0.05) is 25.0 Å². The number of rotatable bonds is 5. The van der Waals surface area contributed by atoms with Crippen LogP contribution in [0.3, 0.4) is 0 Å². The molecule has 1 rings (SSSR count). The van der Waals surface area contributed by atoms with Gasteiger partial charge in [-0.25, -0.2) is 0 Å². The summed E-state index contributed by atoms with van der Waals surface area (Å²) in [6.07, 6.45) is 3.49. The molecule has 0 fully saturated rings. The standard InChI is InChI=1S/C12H18N2O2/c1-9(12(15)16)10(2)14(3)8-11-4-6-13-7-5-11/h4-7,9-10H,8H2,1-3H3,(H,15,16). The van der Waals surface area contributed by atoms with E-state index in [2.05, 4.69) is 4.98 Å². The summed E-state index contributed by atoms with van der Waals surface area (Å²) >= 11 is 0. The molecule has 0 bridgehead atoms. The number of hydrogen-bond acceptors (Lipinski definition) is 3. The quantitative estimate of drug-likeness (QED) is 0.822. The molecule has 4 heteroatoms. The Kier molecular flexibility index (Phi) is 4.43. The molecular weight excluding hydrogens is 204 g/mol. The molecule has 0 aliphatic heterocycles. The lowest BCUT2D eigenvalue weighted by molar-refractivity contribution is -0.143. The maximum absolute atomic E-state index is 10.9. The van der Waals surface area contributed by atoms with Crippen molar-refractivity contribution >= 4 is 5.97 Å². The lowest BCUT2D eigenvalue weighted by Gasteiger charge is -2.27. The summed E-state index contributed by atoms with van der Waals surface area (Å²) in [5, 5.41) is 8.93. The van der Waals surface area contributed by atoms with E-state index in [0.717, 1.165) is 12.1 Å². The van der Waals surface area contributed by atoms with Gasteiger partial charge in [-0.2, -0.15) is 0 Å². The SMILES string of the molecule is CC(C(=O)O)C(C)N(C)Cc1ccncc1. The minimum Gasteiger partial charge on any atom is -0.481 e. The first-order valence-corrected chi connectivity index (χ1v) is 5.34. The first kappa shape index (κ1) is 12.6. The molecule has 0 saturated carbocycles. The molecule has 1 aromatic heterocycles. The van der Waals surface area contributed by atoms with E-state index in [1.165, 1.54) is 0 Å². The summed E-state index contributed by atoms with van der Waals surface area (Å²) in [7, 11) is 1.94. The Labute approximate surface area is 95.9 Å². The fourth-order valence-corrected chi connectivity index (χ4v) is 1.51. The van der Waals surface area contributed by atoms with Crippen molar-refractivity contribution in [2.75, 3.05) is 7.05 Å². The molecule has 0 aliphatic rings. The van der Waals surface area contributed by atoms with Gasteiger partial charge in [-0.1, -0.05) is 6.92 Å². The summed E-state index contributed by atoms with van der Waals surface area (Å²) in [6.45, 7) is 4.40. The van der Waals surface area contributed by atoms with Crippen LogP contribution < -0.4 is 0 Å². The van der Waals surface area contributed by atoms with Gasteiger partial charge in [-0.05, 0) is 31.7 Å². The first-order valence-electron chi connectivity index (χ1n) is 5.34. The summed E-state index contributed by atoms with van der Waals surface area (Å²) in [5.74, 6) is -1.12. The highest BCUT2D eigenvalue weighted by Crippen LogP contribution is 2.12. The van der Waals surface area contributed by atoms with Crippen molar-refractivity contribution in [3.05, 3.63) is 30.1 Å². The fourth-order valence-electron chi connectivity index (χ4n) is 1.51. The molecule has 1 aromatic rings. The minimum atomic E-state index is -0.755. The van der Waals surface area contributed by atoms with E-state index in [1.807, 2.05) is 31.0 Å². The van der Waals surface area contributed by atoms with Crippen molar-refractivity contribution in [3.8, 4) is 0 Å². The van der Waals surface area contributed by atoms with Crippen molar-refractivity contribution in [3.63, 3.8) is 0 Å². The third-order valence-electron chi connectivity index (χ3n) is 2.99. The molecule has 0 aromatic carbocycles. The van der Waals surface area contributed by atoms with Crippen molar-refractivity contribution in [1.29, 1.82) is 0 Å². The van der Waals surface area contributed by atoms with E-state index < -0.39 is 5.97 Å². The third kappa shape index (κ3) is 3.31. The smallest absolute Gasteiger partial charge is 0.307 e. The van der Waals surface area contributed by atoms with Crippen LogP contribution >= 0.6 is 0 Å². The Hall–Kier alpha value is -1.42. The lowest BCUT2D eigenvalue weighted by atomic mass is 10.0. The van der Waals surface area contributed by atoms with Crippen molar-refractivity contribution < 1.29 is 9.90 Å². The first-order chi connectivity index (χ1) is 7.52. The van der Waals surface area contributed by atoms with Gasteiger partial charge in [-0.3, -0.25) is 14.7 Å². The zero-order valence-electron chi connectivity index (χ0n) is 9.92. The van der Waals surface area contributed by atoms with Gasteiger partial charge in [0.25, 0.3) is 0 Å². The molecule has 0 spiro atoms. The molecule has 2 unspecified atom stereocenters. The molecule has 0 amide bonds. The van der Waals surface area contributed by atoms with Crippen LogP contribution in [0.1, 0.15) is 19.4 Å². The number of hydrogen-bond donors (Lipinski definition) is 1. The number of aromatic nitrogens is 1. The van der Waals surface area contributed by atoms with Gasteiger partial charge in [0.2, 0.25) is 0 Å². The Balaban J connectivity index is 2.58. The van der Waals surface area contributed by atoms with Gasteiger partial charge in [0.1, 0.15) is 0 Å². The monoisotopic (exact) mass is 222 g/mol. The van der Waals surface area contributed by atoms with Crippen molar-refractivity contribution in [1.82, 2.24) is 9.88 Å². The second kappa shape index (κ2) is 5.61. The molecular formula is C12H18N2O2. The van der Waals surface area contributed by atoms with E-state index in [9.17, 15) is 4.79 Å². The predicted molar refractivity (Wildman–Crippen MR) is 62.0 cm³/mol. The van der Waals surface area contributed by atoms with Crippen LogP contribution in [-0.2, 0) is 11.3 Å². The molecule has 0 radical (unpaired) electrons. The Bertz CT molecular complexity index is 340. The van der Waals surface area contributed by atoms with E-state index >= 15 is 0 Å². The zero-order valence-corrected chi connectivity index (χ0v) is 9.92. The lowest BCUT2D eigenvalue weighted by Crippen LogP contribution is -2.37. The average Bonchev–Trinajstić information content (AvgIpc) is 2.28. The van der Waals surface area contributed by atoms with Gasteiger partial charge in [0.15, 0.2) is 0 Å². The normalized spacial score (nSPS) is 14.8. The minimum absolute atomic E-state index is 0.00525. The summed E-state index contributed by atoms with van der Waals surface area (Å²) < 4.78 is 0. The van der Waals surface area contributed by atoms with Gasteiger partial charge >= 0.3 is 5.97 Å². The maximum atomic E-state index is 10.9. The predicted octanol–water partition coefficient (Wildman–Crippen LogP) is 1.62. The molecule has 1 heterocycles. The molecule has 4 nitrogen and oxygen atoms in total. The van der Waals surface area contributed by atoms with Gasteiger partial charge < -0.3 is 5.11 Å². The Morgan fingerprint density at radius 2 is 2.00 bits per heavy atom. The largest absolute Gasteiger partial charge is 0.481 e. The Morgan fingerprint density at radius 3 is 2.50 bits per heavy atom. The van der Waals surface area contributed by atoms with Crippen LogP contribution in [0, 0.1) is 5.92 Å². The molecule has 1 N–H and O–H groups in total. The number of pyridine rings is 1. The van der Waals surface area contributed by atoms with E-state index in [1.54, 1.807) is 19.3 Å². The summed E-state index contributed by atoms with van der Waals surface area (Å²) in [4.78, 5) is 16.8. The topological polar surface area (TPSA) is 53.4 Å². The van der Waals surface area contributed by atoms with E-state index in [0.29, 0.717) is 0 Å². The zero-order chi connectivity index (χ0) is 12.1. The van der Waals surface area contributed by atoms with Crippen molar-refractivity contribution in [2.45, 2.75) is 26.4 Å². The maximum Gasteiger partial charge on any atom is 0.307 e. The second-order valence-corrected chi connectivity index (χ2v) is 4.14. The van der Waals surface area contributed by atoms with Gasteiger partial charge in [-0.15, -0.1) is 0 Å². The molecule has 16 heavy (non-hydrogen) atoms. The molecule has 2 atom stereocenters. The number of aliphatic carboxylic acids is 1. The van der Waals surface area contributed by atoms with Crippen LogP contribution in [0.15, 0.2) is 24.5 Å². The number of carbonyl (C=O) groups is 1. The average molecular weight is 222 g/mol. The highest BCUT2D eigenvalue weighted by atomic mass is 16.4. The van der Waals surface area contributed by atoms with Crippen molar-refractivity contribution in [2.24, 2.45) is 5.92 Å². The highest BCUT2D eigenvalue weighted by molar-refractivity contribution is 5.70. The Morgan fingerprint density at radius 1 is 1.44 bits per heavy atom.